The maximum atomic E-state index is 10.7. The van der Waals surface area contributed by atoms with Crippen LogP contribution in [-0.4, -0.2) is 29.3 Å². The van der Waals surface area contributed by atoms with E-state index in [1.807, 2.05) is 6.92 Å². The van der Waals surface area contributed by atoms with Crippen LogP contribution in [0.25, 0.3) is 0 Å². The van der Waals surface area contributed by atoms with Crippen LogP contribution < -0.4 is 69.3 Å². The van der Waals surface area contributed by atoms with E-state index >= 15 is 0 Å². The summed E-state index contributed by atoms with van der Waals surface area (Å²) in [7, 11) is 0. The molecule has 1 heterocycles. The summed E-state index contributed by atoms with van der Waals surface area (Å²) in [6.45, 7) is 2.31. The standard InChI is InChI=1S/C8H13NO5.2Na/c1-2-5-9-8(14-9,7(12)13)4-3-6(10)11;;/h2-5H2,1H3,(H,10,11)(H,12,13);;/q;2*+1/p-2/t8-,9?;;/m1../s1. The Bertz CT molecular complexity index is 263. The van der Waals surface area contributed by atoms with Gasteiger partial charge in [0.25, 0.3) is 0 Å². The number of nitrogens with zero attached hydrogens (tertiary/aromatic N) is 1. The van der Waals surface area contributed by atoms with Crippen LogP contribution >= 0.6 is 0 Å². The number of carboxylic acids is 2. The molecule has 16 heavy (non-hydrogen) atoms. The molecule has 0 N–H and O–H groups in total. The summed E-state index contributed by atoms with van der Waals surface area (Å²) in [5.74, 6) is -2.69. The second-order valence-electron chi connectivity index (χ2n) is 3.14. The van der Waals surface area contributed by atoms with Crippen molar-refractivity contribution in [1.82, 2.24) is 5.06 Å². The van der Waals surface area contributed by atoms with Crippen molar-refractivity contribution < 1.29 is 83.8 Å². The van der Waals surface area contributed by atoms with Crippen LogP contribution in [0.15, 0.2) is 0 Å². The minimum atomic E-state index is -1.53. The second-order valence-corrected chi connectivity index (χ2v) is 3.14. The predicted molar refractivity (Wildman–Crippen MR) is 40.1 cm³/mol. The number of hydrogen-bond donors (Lipinski definition) is 0. The molecule has 0 aromatic heterocycles. The first-order valence-corrected chi connectivity index (χ1v) is 4.41. The van der Waals surface area contributed by atoms with Gasteiger partial charge in [0.1, 0.15) is 0 Å². The average molecular weight is 247 g/mol. The van der Waals surface area contributed by atoms with E-state index in [-0.39, 0.29) is 72.0 Å². The van der Waals surface area contributed by atoms with E-state index in [1.165, 1.54) is 5.06 Å². The Hall–Kier alpha value is 0.860. The summed E-state index contributed by atoms with van der Waals surface area (Å²) < 4.78 is 0. The Labute approximate surface area is 138 Å². The molecule has 0 saturated carbocycles. The Balaban J connectivity index is 0. The van der Waals surface area contributed by atoms with E-state index in [4.69, 9.17) is 4.84 Å². The number of aliphatic carboxylic acids is 2. The van der Waals surface area contributed by atoms with E-state index in [0.29, 0.717) is 6.54 Å². The summed E-state index contributed by atoms with van der Waals surface area (Å²) in [5, 5.41) is 22.1. The first-order chi connectivity index (χ1) is 6.53. The number of hydrogen-bond acceptors (Lipinski definition) is 6. The molecule has 1 aliphatic rings. The molecule has 0 aliphatic carbocycles. The summed E-state index contributed by atoms with van der Waals surface area (Å²) in [6, 6.07) is 0. The van der Waals surface area contributed by atoms with Gasteiger partial charge in [-0.1, -0.05) is 6.92 Å². The van der Waals surface area contributed by atoms with Crippen molar-refractivity contribution in [3.05, 3.63) is 0 Å². The van der Waals surface area contributed by atoms with Gasteiger partial charge in [-0.05, 0) is 12.8 Å². The summed E-state index contributed by atoms with van der Waals surface area (Å²) >= 11 is 0. The fraction of sp³-hybridized carbons (Fsp3) is 0.750. The van der Waals surface area contributed by atoms with Crippen LogP contribution in [-0.2, 0) is 14.4 Å². The molecule has 1 fully saturated rings. The zero-order valence-electron chi connectivity index (χ0n) is 9.82. The predicted octanol–water partition coefficient (Wildman–Crippen LogP) is -8.37. The van der Waals surface area contributed by atoms with Crippen LogP contribution in [0, 0.1) is 0 Å². The summed E-state index contributed by atoms with van der Waals surface area (Å²) in [6.07, 6.45) is 0.228. The monoisotopic (exact) mass is 247 g/mol. The van der Waals surface area contributed by atoms with E-state index in [1.54, 1.807) is 0 Å². The quantitative estimate of drug-likeness (QED) is 0.341. The fourth-order valence-corrected chi connectivity index (χ4v) is 1.27. The average Bonchev–Trinajstić information content (AvgIpc) is 2.77. The van der Waals surface area contributed by atoms with Gasteiger partial charge in [-0.3, -0.25) is 4.84 Å². The van der Waals surface area contributed by atoms with Crippen molar-refractivity contribution in [2.45, 2.75) is 31.9 Å². The zero-order valence-corrected chi connectivity index (χ0v) is 13.8. The smallest absolute Gasteiger partial charge is 0.550 e. The van der Waals surface area contributed by atoms with E-state index in [9.17, 15) is 19.8 Å². The summed E-state index contributed by atoms with van der Waals surface area (Å²) in [5.41, 5.74) is -1.53. The Kier molecular flexibility index (Phi) is 9.66. The van der Waals surface area contributed by atoms with Gasteiger partial charge in [-0.15, -0.1) is 5.06 Å². The topological polar surface area (TPSA) is 95.8 Å². The van der Waals surface area contributed by atoms with Gasteiger partial charge in [0, 0.05) is 18.9 Å². The van der Waals surface area contributed by atoms with Crippen LogP contribution in [0.1, 0.15) is 26.2 Å². The molecular weight excluding hydrogens is 236 g/mol. The third-order valence-corrected chi connectivity index (χ3v) is 2.05. The minimum Gasteiger partial charge on any atom is -0.550 e. The van der Waals surface area contributed by atoms with E-state index < -0.39 is 17.7 Å². The Morgan fingerprint density at radius 2 is 1.88 bits per heavy atom. The normalized spacial score (nSPS) is 26.2. The van der Waals surface area contributed by atoms with Crippen LogP contribution in [0.3, 0.4) is 0 Å². The van der Waals surface area contributed by atoms with Crippen LogP contribution in [0.2, 0.25) is 0 Å². The first-order valence-electron chi connectivity index (χ1n) is 4.41. The summed E-state index contributed by atoms with van der Waals surface area (Å²) in [4.78, 5) is 25.7. The maximum absolute atomic E-state index is 10.7. The number of carboxylic acid groups (broad SMARTS) is 2. The Morgan fingerprint density at radius 3 is 2.25 bits per heavy atom. The van der Waals surface area contributed by atoms with Crippen molar-refractivity contribution in [3.8, 4) is 0 Å². The molecule has 0 bridgehead atoms. The molecule has 0 spiro atoms. The van der Waals surface area contributed by atoms with Gasteiger partial charge >= 0.3 is 59.1 Å². The molecule has 0 aromatic carbocycles. The molecule has 1 unspecified atom stereocenters. The number of rotatable bonds is 6. The van der Waals surface area contributed by atoms with Gasteiger partial charge in [0.2, 0.25) is 5.72 Å². The van der Waals surface area contributed by atoms with Crippen molar-refractivity contribution >= 4 is 11.9 Å². The first kappa shape index (κ1) is 19.2. The van der Waals surface area contributed by atoms with Crippen molar-refractivity contribution in [1.29, 1.82) is 0 Å². The third kappa shape index (κ3) is 4.62. The van der Waals surface area contributed by atoms with Gasteiger partial charge in [0.05, 0.1) is 5.97 Å². The van der Waals surface area contributed by atoms with Gasteiger partial charge in [-0.2, -0.15) is 0 Å². The SMILES string of the molecule is CCCN1O[C@]1(CCC(=O)[O-])C(=O)[O-].[Na+].[Na+]. The molecule has 6 nitrogen and oxygen atoms in total. The van der Waals surface area contributed by atoms with Gasteiger partial charge in [0.15, 0.2) is 0 Å². The minimum absolute atomic E-state index is 0. The van der Waals surface area contributed by atoms with Gasteiger partial charge in [-0.25, -0.2) is 0 Å². The van der Waals surface area contributed by atoms with Gasteiger partial charge < -0.3 is 19.8 Å². The molecule has 1 rings (SSSR count). The second kappa shape index (κ2) is 8.05. The molecule has 1 saturated heterocycles. The van der Waals surface area contributed by atoms with Crippen molar-refractivity contribution in [3.63, 3.8) is 0 Å². The third-order valence-electron chi connectivity index (χ3n) is 2.05. The number of carbonyl (C=O) groups excluding carboxylic acids is 2. The molecule has 80 valence electrons. The molecule has 0 aromatic rings. The van der Waals surface area contributed by atoms with Crippen LogP contribution in [0.4, 0.5) is 0 Å². The number of carbonyl (C=O) groups is 2. The zero-order chi connectivity index (χ0) is 10.8. The Morgan fingerprint density at radius 1 is 1.31 bits per heavy atom. The van der Waals surface area contributed by atoms with Crippen LogP contribution in [0.5, 0.6) is 0 Å². The molecule has 0 amide bonds. The largest absolute Gasteiger partial charge is 1.00 e. The molecular formula is C8H11NNa2O5. The maximum Gasteiger partial charge on any atom is 1.00 e. The fourth-order valence-electron chi connectivity index (χ4n) is 1.27. The van der Waals surface area contributed by atoms with Crippen molar-refractivity contribution in [2.24, 2.45) is 0 Å². The van der Waals surface area contributed by atoms with E-state index in [0.717, 1.165) is 6.42 Å². The molecule has 1 aliphatic heterocycles. The van der Waals surface area contributed by atoms with E-state index in [2.05, 4.69) is 0 Å². The molecule has 2 atom stereocenters. The number of hydroxylamine groups is 2. The molecule has 8 heteroatoms. The molecule has 0 radical (unpaired) electrons. The van der Waals surface area contributed by atoms with Crippen molar-refractivity contribution in [2.75, 3.05) is 6.54 Å².